The minimum atomic E-state index is -2.84. The maximum Gasteiger partial charge on any atom is 0.281 e. The quantitative estimate of drug-likeness (QED) is 0.654. The normalized spacial score (nSPS) is 9.69. The topological polar surface area (TPSA) is 53.8 Å². The van der Waals surface area contributed by atoms with Gasteiger partial charge in [0, 0.05) is 6.20 Å². The smallest absolute Gasteiger partial charge is 0.281 e. The van der Waals surface area contributed by atoms with Gasteiger partial charge in [-0.15, -0.1) is 0 Å². The van der Waals surface area contributed by atoms with E-state index in [1.54, 1.807) is 6.07 Å². The first-order valence-corrected chi connectivity index (χ1v) is 3.33. The van der Waals surface area contributed by atoms with Crippen LogP contribution in [0.1, 0.15) is 28.0 Å². The summed E-state index contributed by atoms with van der Waals surface area (Å²) in [6.45, 7) is 0. The maximum atomic E-state index is 12.2. The number of aldehydes is 1. The Bertz CT molecular complexity index is 371. The van der Waals surface area contributed by atoms with Gasteiger partial charge in [0.05, 0.1) is 17.2 Å². The van der Waals surface area contributed by atoms with Crippen molar-refractivity contribution >= 4 is 6.29 Å². The van der Waals surface area contributed by atoms with Crippen LogP contribution in [0.2, 0.25) is 0 Å². The number of carbonyl (C=O) groups excluding carboxylic acids is 1. The Hall–Kier alpha value is -1.83. The highest BCUT2D eigenvalue weighted by molar-refractivity contribution is 5.80. The van der Waals surface area contributed by atoms with Crippen LogP contribution in [0.5, 0.6) is 0 Å². The van der Waals surface area contributed by atoms with E-state index in [2.05, 4.69) is 4.98 Å². The molecule has 1 rings (SSSR count). The molecule has 0 bridgehead atoms. The fourth-order valence-corrected chi connectivity index (χ4v) is 0.885. The Labute approximate surface area is 72.6 Å². The van der Waals surface area contributed by atoms with Crippen molar-refractivity contribution in [3.63, 3.8) is 0 Å². The van der Waals surface area contributed by atoms with Crippen molar-refractivity contribution in [1.82, 2.24) is 4.98 Å². The molecule has 66 valence electrons. The molecule has 0 amide bonds. The number of nitrogens with zero attached hydrogens (tertiary/aromatic N) is 2. The molecule has 0 aromatic carbocycles. The van der Waals surface area contributed by atoms with Crippen molar-refractivity contribution in [3.8, 4) is 6.07 Å². The van der Waals surface area contributed by atoms with E-state index >= 15 is 0 Å². The Morgan fingerprint density at radius 3 is 2.77 bits per heavy atom. The third-order valence-corrected chi connectivity index (χ3v) is 1.47. The molecular weight excluding hydrogens is 178 g/mol. The van der Waals surface area contributed by atoms with Crippen LogP contribution >= 0.6 is 0 Å². The molecule has 0 radical (unpaired) electrons. The van der Waals surface area contributed by atoms with Crippen LogP contribution in [0, 0.1) is 11.3 Å². The number of rotatable bonds is 2. The molecular formula is C8H4F2N2O. The number of alkyl halides is 2. The molecule has 0 aliphatic rings. The Kier molecular flexibility index (Phi) is 2.65. The van der Waals surface area contributed by atoms with Gasteiger partial charge >= 0.3 is 0 Å². The minimum absolute atomic E-state index is 0.0831. The summed E-state index contributed by atoms with van der Waals surface area (Å²) in [6, 6.07) is 2.86. The molecule has 0 aliphatic heterocycles. The molecule has 1 heterocycles. The number of halogens is 2. The van der Waals surface area contributed by atoms with Gasteiger partial charge in [-0.2, -0.15) is 5.26 Å². The van der Waals surface area contributed by atoms with E-state index in [1.807, 2.05) is 0 Å². The summed E-state index contributed by atoms with van der Waals surface area (Å²) in [4.78, 5) is 13.7. The molecule has 0 saturated carbocycles. The second kappa shape index (κ2) is 3.72. The van der Waals surface area contributed by atoms with Gasteiger partial charge in [-0.1, -0.05) is 0 Å². The zero-order valence-electron chi connectivity index (χ0n) is 6.37. The Morgan fingerprint density at radius 1 is 1.62 bits per heavy atom. The molecule has 0 fully saturated rings. The molecule has 1 aromatic rings. The van der Waals surface area contributed by atoms with E-state index in [1.165, 1.54) is 6.07 Å². The number of hydrogen-bond acceptors (Lipinski definition) is 3. The molecule has 3 nitrogen and oxygen atoms in total. The van der Waals surface area contributed by atoms with Gasteiger partial charge in [-0.05, 0) is 6.07 Å². The van der Waals surface area contributed by atoms with E-state index in [0.717, 1.165) is 6.20 Å². The van der Waals surface area contributed by atoms with Crippen LogP contribution in [0.25, 0.3) is 0 Å². The third-order valence-electron chi connectivity index (χ3n) is 1.47. The molecule has 0 atom stereocenters. The fraction of sp³-hybridized carbons (Fsp3) is 0.125. The molecule has 0 unspecified atom stereocenters. The van der Waals surface area contributed by atoms with Crippen LogP contribution in [0.4, 0.5) is 8.78 Å². The van der Waals surface area contributed by atoms with Crippen LogP contribution in [-0.4, -0.2) is 11.3 Å². The van der Waals surface area contributed by atoms with Crippen molar-refractivity contribution in [2.45, 2.75) is 6.43 Å². The second-order valence-corrected chi connectivity index (χ2v) is 2.19. The second-order valence-electron chi connectivity index (χ2n) is 2.19. The first-order valence-electron chi connectivity index (χ1n) is 3.33. The molecule has 13 heavy (non-hydrogen) atoms. The highest BCUT2D eigenvalue weighted by Gasteiger charge is 2.16. The third kappa shape index (κ3) is 1.67. The predicted molar refractivity (Wildman–Crippen MR) is 39.3 cm³/mol. The molecule has 1 aromatic heterocycles. The summed E-state index contributed by atoms with van der Waals surface area (Å²) in [7, 11) is 0. The lowest BCUT2D eigenvalue weighted by atomic mass is 10.1. The number of aromatic nitrogens is 1. The number of carbonyl (C=O) groups is 1. The highest BCUT2D eigenvalue weighted by atomic mass is 19.3. The molecule has 0 aliphatic carbocycles. The van der Waals surface area contributed by atoms with E-state index in [0.29, 0.717) is 0 Å². The Morgan fingerprint density at radius 2 is 2.31 bits per heavy atom. The lowest BCUT2D eigenvalue weighted by Crippen LogP contribution is -2.00. The fourth-order valence-electron chi connectivity index (χ4n) is 0.885. The number of nitriles is 1. The number of hydrogen-bond donors (Lipinski definition) is 0. The average Bonchev–Trinajstić information content (AvgIpc) is 2.16. The van der Waals surface area contributed by atoms with Crippen molar-refractivity contribution in [2.24, 2.45) is 0 Å². The zero-order chi connectivity index (χ0) is 9.84. The summed E-state index contributed by atoms with van der Waals surface area (Å²) in [5, 5.41) is 8.47. The summed E-state index contributed by atoms with van der Waals surface area (Å²) in [6.07, 6.45) is -1.55. The van der Waals surface area contributed by atoms with Crippen molar-refractivity contribution in [3.05, 3.63) is 29.1 Å². The van der Waals surface area contributed by atoms with Gasteiger partial charge < -0.3 is 0 Å². The van der Waals surface area contributed by atoms with E-state index in [9.17, 15) is 13.6 Å². The predicted octanol–water partition coefficient (Wildman–Crippen LogP) is 1.70. The highest BCUT2D eigenvalue weighted by Crippen LogP contribution is 2.21. The Balaban J connectivity index is 3.37. The zero-order valence-corrected chi connectivity index (χ0v) is 6.37. The van der Waals surface area contributed by atoms with E-state index < -0.39 is 12.1 Å². The summed E-state index contributed by atoms with van der Waals surface area (Å²) in [5.74, 6) is 0. The monoisotopic (exact) mass is 182 g/mol. The molecule has 0 spiro atoms. The lowest BCUT2D eigenvalue weighted by molar-refractivity contribution is 0.110. The summed E-state index contributed by atoms with van der Waals surface area (Å²) in [5.41, 5.74) is -1.06. The summed E-state index contributed by atoms with van der Waals surface area (Å²) < 4.78 is 24.4. The first-order chi connectivity index (χ1) is 6.20. The van der Waals surface area contributed by atoms with Crippen LogP contribution in [0.3, 0.4) is 0 Å². The van der Waals surface area contributed by atoms with Crippen molar-refractivity contribution in [2.75, 3.05) is 0 Å². The maximum absolute atomic E-state index is 12.2. The van der Waals surface area contributed by atoms with Crippen molar-refractivity contribution in [1.29, 1.82) is 5.26 Å². The molecule has 0 N–H and O–H groups in total. The van der Waals surface area contributed by atoms with E-state index in [4.69, 9.17) is 5.26 Å². The largest absolute Gasteiger partial charge is 0.298 e. The van der Waals surface area contributed by atoms with Crippen molar-refractivity contribution < 1.29 is 13.6 Å². The standard InChI is InChI=1S/C8H4F2N2O/c9-8(10)7-6(4-13)5(3-11)1-2-12-7/h1-2,4,8H. The van der Waals surface area contributed by atoms with E-state index in [-0.39, 0.29) is 17.4 Å². The minimum Gasteiger partial charge on any atom is -0.298 e. The van der Waals surface area contributed by atoms with Crippen LogP contribution < -0.4 is 0 Å². The van der Waals surface area contributed by atoms with Gasteiger partial charge in [-0.3, -0.25) is 9.78 Å². The van der Waals surface area contributed by atoms with Gasteiger partial charge in [0.1, 0.15) is 5.69 Å². The number of pyridine rings is 1. The summed E-state index contributed by atoms with van der Waals surface area (Å²) >= 11 is 0. The van der Waals surface area contributed by atoms with Gasteiger partial charge in [0.15, 0.2) is 6.29 Å². The SMILES string of the molecule is N#Cc1ccnc(C(F)F)c1C=O. The molecule has 5 heteroatoms. The molecule has 0 saturated heterocycles. The first kappa shape index (κ1) is 9.26. The lowest BCUT2D eigenvalue weighted by Gasteiger charge is -2.02. The van der Waals surface area contributed by atoms with Crippen LogP contribution in [0.15, 0.2) is 12.3 Å². The van der Waals surface area contributed by atoms with Crippen LogP contribution in [-0.2, 0) is 0 Å². The average molecular weight is 182 g/mol. The van der Waals surface area contributed by atoms with Gasteiger partial charge in [0.2, 0.25) is 0 Å². The van der Waals surface area contributed by atoms with Gasteiger partial charge in [-0.25, -0.2) is 8.78 Å². The van der Waals surface area contributed by atoms with Gasteiger partial charge in [0.25, 0.3) is 6.43 Å².